The van der Waals surface area contributed by atoms with Crippen molar-refractivity contribution >= 4 is 11.8 Å². The molecule has 3 fully saturated rings. The molecule has 3 rings (SSSR count). The molecule has 0 amide bonds. The van der Waals surface area contributed by atoms with Crippen molar-refractivity contribution in [3.8, 4) is 0 Å². The normalized spacial score (nSPS) is 47.5. The summed E-state index contributed by atoms with van der Waals surface area (Å²) in [6, 6.07) is 2.64. The molecule has 3 heteroatoms. The summed E-state index contributed by atoms with van der Waals surface area (Å²) in [5.74, 6) is 2.79. The van der Waals surface area contributed by atoms with Gasteiger partial charge in [-0.25, -0.2) is 0 Å². The van der Waals surface area contributed by atoms with Gasteiger partial charge in [0, 0.05) is 37.0 Å². The lowest BCUT2D eigenvalue weighted by Crippen LogP contribution is -2.48. The fourth-order valence-corrected chi connectivity index (χ4v) is 4.06. The molecule has 68 valence electrons. The third kappa shape index (κ3) is 1.10. The average molecular weight is 184 g/mol. The number of nitrogens with one attached hydrogen (secondary N) is 1. The molecule has 0 aromatic rings. The van der Waals surface area contributed by atoms with Crippen LogP contribution in [0.5, 0.6) is 0 Å². The van der Waals surface area contributed by atoms with Gasteiger partial charge >= 0.3 is 0 Å². The summed E-state index contributed by atoms with van der Waals surface area (Å²) in [5.41, 5.74) is 0. The van der Waals surface area contributed by atoms with Gasteiger partial charge in [0.2, 0.25) is 0 Å². The highest BCUT2D eigenvalue weighted by atomic mass is 32.2. The first kappa shape index (κ1) is 7.65. The van der Waals surface area contributed by atoms with Gasteiger partial charge in [0.05, 0.1) is 0 Å². The maximum Gasteiger partial charge on any atom is 0.0239 e. The van der Waals surface area contributed by atoms with Crippen LogP contribution < -0.4 is 5.32 Å². The third-order valence-electron chi connectivity index (χ3n) is 3.47. The van der Waals surface area contributed by atoms with E-state index in [1.54, 1.807) is 0 Å². The highest BCUT2D eigenvalue weighted by Crippen LogP contribution is 2.31. The van der Waals surface area contributed by atoms with Crippen molar-refractivity contribution in [1.29, 1.82) is 0 Å². The number of fused-ring (bicyclic) bond motifs is 2. The van der Waals surface area contributed by atoms with Crippen molar-refractivity contribution in [2.75, 3.05) is 24.6 Å². The van der Waals surface area contributed by atoms with E-state index in [2.05, 4.69) is 22.0 Å². The highest BCUT2D eigenvalue weighted by molar-refractivity contribution is 7.99. The second-order valence-corrected chi connectivity index (χ2v) is 5.36. The van der Waals surface area contributed by atoms with Crippen molar-refractivity contribution in [3.63, 3.8) is 0 Å². The van der Waals surface area contributed by atoms with Crippen LogP contribution in [-0.2, 0) is 0 Å². The molecule has 0 aromatic carbocycles. The smallest absolute Gasteiger partial charge is 0.0239 e. The Morgan fingerprint density at radius 2 is 2.33 bits per heavy atom. The maximum atomic E-state index is 3.56. The van der Waals surface area contributed by atoms with Gasteiger partial charge in [-0.15, -0.1) is 0 Å². The predicted molar refractivity (Wildman–Crippen MR) is 52.6 cm³/mol. The largest absolute Gasteiger partial charge is 0.311 e. The van der Waals surface area contributed by atoms with Gasteiger partial charge in [0.25, 0.3) is 0 Å². The Balaban J connectivity index is 1.69. The van der Waals surface area contributed by atoms with Gasteiger partial charge in [-0.05, 0) is 18.6 Å². The Morgan fingerprint density at radius 3 is 2.92 bits per heavy atom. The standard InChI is InChI=1S/C9H16N2S/c1-2-12-6-8(1)11-5-7-3-9(11)4-10-7/h7-10H,1-6H2. The highest BCUT2D eigenvalue weighted by Gasteiger charge is 2.41. The van der Waals surface area contributed by atoms with Crippen LogP contribution in [0.1, 0.15) is 12.8 Å². The Labute approximate surface area is 78.1 Å². The van der Waals surface area contributed by atoms with E-state index in [1.165, 1.54) is 37.4 Å². The molecule has 0 saturated carbocycles. The van der Waals surface area contributed by atoms with Gasteiger partial charge in [0.15, 0.2) is 0 Å². The van der Waals surface area contributed by atoms with Crippen LogP contribution >= 0.6 is 11.8 Å². The summed E-state index contributed by atoms with van der Waals surface area (Å²) in [4.78, 5) is 2.77. The summed E-state index contributed by atoms with van der Waals surface area (Å²) < 4.78 is 0. The molecule has 0 aromatic heterocycles. The van der Waals surface area contributed by atoms with Gasteiger partial charge in [0.1, 0.15) is 0 Å². The first-order valence-electron chi connectivity index (χ1n) is 5.00. The van der Waals surface area contributed by atoms with Crippen molar-refractivity contribution in [1.82, 2.24) is 10.2 Å². The van der Waals surface area contributed by atoms with E-state index in [9.17, 15) is 0 Å². The van der Waals surface area contributed by atoms with E-state index in [0.717, 1.165) is 18.1 Å². The summed E-state index contributed by atoms with van der Waals surface area (Å²) in [6.07, 6.45) is 2.86. The summed E-state index contributed by atoms with van der Waals surface area (Å²) in [6.45, 7) is 2.59. The van der Waals surface area contributed by atoms with E-state index < -0.39 is 0 Å². The minimum atomic E-state index is 0.834. The average Bonchev–Trinajstić information content (AvgIpc) is 2.81. The zero-order valence-electron chi connectivity index (χ0n) is 7.33. The van der Waals surface area contributed by atoms with Crippen molar-refractivity contribution < 1.29 is 0 Å². The molecule has 0 spiro atoms. The molecule has 3 saturated heterocycles. The van der Waals surface area contributed by atoms with E-state index in [4.69, 9.17) is 0 Å². The number of hydrogen-bond donors (Lipinski definition) is 1. The topological polar surface area (TPSA) is 15.3 Å². The molecule has 3 heterocycles. The fraction of sp³-hybridized carbons (Fsp3) is 1.00. The number of thioether (sulfide) groups is 1. The van der Waals surface area contributed by atoms with E-state index in [-0.39, 0.29) is 0 Å². The Hall–Kier alpha value is 0.270. The van der Waals surface area contributed by atoms with Crippen LogP contribution in [0.15, 0.2) is 0 Å². The molecule has 2 bridgehead atoms. The van der Waals surface area contributed by atoms with Gasteiger partial charge in [-0.1, -0.05) is 0 Å². The number of likely N-dealkylation sites (tertiary alicyclic amines) is 1. The zero-order valence-corrected chi connectivity index (χ0v) is 8.15. The second kappa shape index (κ2) is 2.89. The molecule has 3 aliphatic heterocycles. The molecule has 3 atom stereocenters. The van der Waals surface area contributed by atoms with Crippen LogP contribution in [0.25, 0.3) is 0 Å². The van der Waals surface area contributed by atoms with E-state index in [1.807, 2.05) is 0 Å². The predicted octanol–water partition coefficient (Wildman–Crippen LogP) is 0.538. The molecule has 2 nitrogen and oxygen atoms in total. The van der Waals surface area contributed by atoms with Crippen LogP contribution in [-0.4, -0.2) is 47.6 Å². The van der Waals surface area contributed by atoms with Crippen LogP contribution in [0.3, 0.4) is 0 Å². The molecule has 3 unspecified atom stereocenters. The number of nitrogens with zero attached hydrogens (tertiary/aromatic N) is 1. The Bertz CT molecular complexity index is 179. The summed E-state index contributed by atoms with van der Waals surface area (Å²) >= 11 is 2.13. The first-order chi connectivity index (χ1) is 5.93. The van der Waals surface area contributed by atoms with Crippen molar-refractivity contribution in [3.05, 3.63) is 0 Å². The lowest BCUT2D eigenvalue weighted by Gasteiger charge is -2.32. The quantitative estimate of drug-likeness (QED) is 0.640. The summed E-state index contributed by atoms with van der Waals surface area (Å²) in [5, 5.41) is 3.56. The first-order valence-corrected chi connectivity index (χ1v) is 6.16. The maximum absolute atomic E-state index is 3.56. The van der Waals surface area contributed by atoms with Crippen LogP contribution in [0, 0.1) is 0 Å². The SMILES string of the molecule is C1CC(N2CC3CC2CN3)CS1. The summed E-state index contributed by atoms with van der Waals surface area (Å²) in [7, 11) is 0. The van der Waals surface area contributed by atoms with Gasteiger partial charge < -0.3 is 5.32 Å². The number of rotatable bonds is 1. The number of hydrogen-bond acceptors (Lipinski definition) is 3. The molecule has 1 N–H and O–H groups in total. The van der Waals surface area contributed by atoms with Crippen LogP contribution in [0.2, 0.25) is 0 Å². The fourth-order valence-electron chi connectivity index (χ4n) is 2.82. The van der Waals surface area contributed by atoms with Crippen LogP contribution in [0.4, 0.5) is 0 Å². The molecule has 3 aliphatic rings. The number of piperazine rings is 1. The third-order valence-corrected chi connectivity index (χ3v) is 4.62. The molecule has 0 aliphatic carbocycles. The molecule has 0 radical (unpaired) electrons. The molecular formula is C9H16N2S. The van der Waals surface area contributed by atoms with E-state index >= 15 is 0 Å². The monoisotopic (exact) mass is 184 g/mol. The molecular weight excluding hydrogens is 168 g/mol. The minimum absolute atomic E-state index is 0.834. The Morgan fingerprint density at radius 1 is 1.33 bits per heavy atom. The molecule has 12 heavy (non-hydrogen) atoms. The second-order valence-electron chi connectivity index (χ2n) is 4.21. The van der Waals surface area contributed by atoms with Gasteiger partial charge in [-0.2, -0.15) is 11.8 Å². The van der Waals surface area contributed by atoms with Gasteiger partial charge in [-0.3, -0.25) is 4.90 Å². The van der Waals surface area contributed by atoms with Crippen molar-refractivity contribution in [2.45, 2.75) is 31.0 Å². The zero-order chi connectivity index (χ0) is 7.97. The minimum Gasteiger partial charge on any atom is -0.311 e. The lowest BCUT2D eigenvalue weighted by atomic mass is 10.2. The Kier molecular flexibility index (Phi) is 1.85. The van der Waals surface area contributed by atoms with Crippen molar-refractivity contribution in [2.24, 2.45) is 0 Å². The van der Waals surface area contributed by atoms with E-state index in [0.29, 0.717) is 0 Å². The lowest BCUT2D eigenvalue weighted by molar-refractivity contribution is 0.173.